The van der Waals surface area contributed by atoms with Crippen LogP contribution in [-0.4, -0.2) is 60.4 Å². The third-order valence-corrected chi connectivity index (χ3v) is 5.92. The number of hydrogen-bond donors (Lipinski definition) is 1. The van der Waals surface area contributed by atoms with Gasteiger partial charge >= 0.3 is 0 Å². The van der Waals surface area contributed by atoms with Crippen molar-refractivity contribution in [3.8, 4) is 28.1 Å². The number of rotatable bonds is 4. The summed E-state index contributed by atoms with van der Waals surface area (Å²) in [5, 5.41) is 8.13. The van der Waals surface area contributed by atoms with Gasteiger partial charge in [-0.2, -0.15) is 5.10 Å². The predicted octanol–water partition coefficient (Wildman–Crippen LogP) is 4.19. The number of methoxy groups -OCH3 is 1. The molecule has 1 fully saturated rings. The summed E-state index contributed by atoms with van der Waals surface area (Å²) in [7, 11) is 3.61. The van der Waals surface area contributed by atoms with Crippen LogP contribution in [0.1, 0.15) is 0 Å². The van der Waals surface area contributed by atoms with E-state index in [9.17, 15) is 4.39 Å². The zero-order valence-corrected chi connectivity index (χ0v) is 17.6. The number of likely N-dealkylation sites (N-methyl/N-ethyl adjacent to an activating group) is 1. The van der Waals surface area contributed by atoms with Crippen molar-refractivity contribution in [3.63, 3.8) is 0 Å². The molecule has 7 heteroatoms. The van der Waals surface area contributed by atoms with Crippen LogP contribution in [-0.2, 0) is 0 Å². The molecule has 0 unspecified atom stereocenters. The second kappa shape index (κ2) is 8.00. The minimum Gasteiger partial charge on any atom is -0.494 e. The molecule has 1 saturated heterocycles. The SMILES string of the molecule is COc1ccc(-c2[nH]nc3ncc(-c4ccc(N5CCN(C)CC5)cc4)cc23)cc1F. The number of aromatic amines is 1. The standard InChI is InChI=1S/C24H24FN5O/c1-29-9-11-30(12-10-29)19-6-3-16(4-7-19)18-13-20-23(27-28-24(20)26-15-18)17-5-8-22(31-2)21(25)14-17/h3-8,13-15H,9-12H2,1-2H3,(H,26,27,28). The van der Waals surface area contributed by atoms with Gasteiger partial charge in [-0.1, -0.05) is 12.1 Å². The van der Waals surface area contributed by atoms with Crippen LogP contribution in [0.15, 0.2) is 54.7 Å². The second-order valence-electron chi connectivity index (χ2n) is 7.88. The van der Waals surface area contributed by atoms with Gasteiger partial charge in [-0.3, -0.25) is 5.10 Å². The number of benzene rings is 2. The number of pyridine rings is 1. The first-order valence-electron chi connectivity index (χ1n) is 10.3. The van der Waals surface area contributed by atoms with Crippen LogP contribution in [0.2, 0.25) is 0 Å². The molecule has 4 aromatic rings. The number of aromatic nitrogens is 3. The average Bonchev–Trinajstić information content (AvgIpc) is 3.23. The minimum absolute atomic E-state index is 0.215. The number of fused-ring (bicyclic) bond motifs is 1. The van der Waals surface area contributed by atoms with Gasteiger partial charge in [0.2, 0.25) is 0 Å². The van der Waals surface area contributed by atoms with Crippen molar-refractivity contribution in [2.75, 3.05) is 45.2 Å². The third-order valence-electron chi connectivity index (χ3n) is 5.92. The van der Waals surface area contributed by atoms with Crippen LogP contribution in [0.3, 0.4) is 0 Å². The Labute approximate surface area is 180 Å². The quantitative estimate of drug-likeness (QED) is 0.540. The van der Waals surface area contributed by atoms with Crippen molar-refractivity contribution in [2.45, 2.75) is 0 Å². The number of hydrogen-bond acceptors (Lipinski definition) is 5. The minimum atomic E-state index is -0.411. The molecule has 0 saturated carbocycles. The number of H-pyrrole nitrogens is 1. The van der Waals surface area contributed by atoms with E-state index in [0.29, 0.717) is 11.2 Å². The smallest absolute Gasteiger partial charge is 0.181 e. The summed E-state index contributed by atoms with van der Waals surface area (Å²) in [5.74, 6) is -0.196. The summed E-state index contributed by atoms with van der Waals surface area (Å²) in [4.78, 5) is 9.27. The highest BCUT2D eigenvalue weighted by Gasteiger charge is 2.15. The van der Waals surface area contributed by atoms with E-state index >= 15 is 0 Å². The van der Waals surface area contributed by atoms with E-state index in [4.69, 9.17) is 4.74 Å². The first-order valence-corrected chi connectivity index (χ1v) is 10.3. The van der Waals surface area contributed by atoms with Gasteiger partial charge in [0.1, 0.15) is 0 Å². The lowest BCUT2D eigenvalue weighted by Crippen LogP contribution is -2.44. The molecule has 0 atom stereocenters. The summed E-state index contributed by atoms with van der Waals surface area (Å²) in [6.07, 6.45) is 1.83. The van der Waals surface area contributed by atoms with Gasteiger partial charge < -0.3 is 14.5 Å². The topological polar surface area (TPSA) is 57.3 Å². The van der Waals surface area contributed by atoms with Crippen LogP contribution >= 0.6 is 0 Å². The molecule has 1 N–H and O–H groups in total. The lowest BCUT2D eigenvalue weighted by Gasteiger charge is -2.34. The van der Waals surface area contributed by atoms with E-state index in [2.05, 4.69) is 56.3 Å². The highest BCUT2D eigenvalue weighted by Crippen LogP contribution is 2.32. The second-order valence-corrected chi connectivity index (χ2v) is 7.88. The maximum atomic E-state index is 14.2. The highest BCUT2D eigenvalue weighted by atomic mass is 19.1. The number of ether oxygens (including phenoxy) is 1. The van der Waals surface area contributed by atoms with Crippen molar-refractivity contribution in [1.82, 2.24) is 20.1 Å². The number of nitrogens with zero attached hydrogens (tertiary/aromatic N) is 4. The Morgan fingerprint density at radius 3 is 2.39 bits per heavy atom. The third kappa shape index (κ3) is 3.72. The Hall–Kier alpha value is -3.45. The Balaban J connectivity index is 1.46. The van der Waals surface area contributed by atoms with Gasteiger partial charge in [0, 0.05) is 54.6 Å². The molecular formula is C24H24FN5O. The van der Waals surface area contributed by atoms with Crippen LogP contribution in [0.4, 0.5) is 10.1 Å². The zero-order valence-electron chi connectivity index (χ0n) is 17.6. The molecule has 158 valence electrons. The molecule has 1 aliphatic rings. The Morgan fingerprint density at radius 1 is 0.935 bits per heavy atom. The molecule has 0 amide bonds. The highest BCUT2D eigenvalue weighted by molar-refractivity contribution is 5.93. The molecule has 0 aliphatic carbocycles. The summed E-state index contributed by atoms with van der Waals surface area (Å²) in [6.45, 7) is 4.25. The predicted molar refractivity (Wildman–Crippen MR) is 121 cm³/mol. The number of halogens is 1. The maximum absolute atomic E-state index is 14.2. The summed E-state index contributed by atoms with van der Waals surface area (Å²) in [5.41, 5.74) is 5.35. The van der Waals surface area contributed by atoms with Crippen LogP contribution < -0.4 is 9.64 Å². The number of anilines is 1. The van der Waals surface area contributed by atoms with Crippen LogP contribution in [0, 0.1) is 5.82 Å². The zero-order chi connectivity index (χ0) is 21.4. The fourth-order valence-corrected chi connectivity index (χ4v) is 4.03. The van der Waals surface area contributed by atoms with Gasteiger partial charge in [0.15, 0.2) is 17.2 Å². The fourth-order valence-electron chi connectivity index (χ4n) is 4.03. The molecule has 0 bridgehead atoms. The Morgan fingerprint density at radius 2 is 1.68 bits per heavy atom. The van der Waals surface area contributed by atoms with Crippen molar-refractivity contribution < 1.29 is 9.13 Å². The number of piperazine rings is 1. The molecule has 2 aromatic carbocycles. The molecule has 0 spiro atoms. The van der Waals surface area contributed by atoms with Crippen molar-refractivity contribution in [2.24, 2.45) is 0 Å². The molecule has 3 heterocycles. The van der Waals surface area contributed by atoms with Crippen molar-refractivity contribution >= 4 is 16.7 Å². The van der Waals surface area contributed by atoms with E-state index in [0.717, 1.165) is 48.4 Å². The molecule has 31 heavy (non-hydrogen) atoms. The van der Waals surface area contributed by atoms with Crippen molar-refractivity contribution in [1.29, 1.82) is 0 Å². The van der Waals surface area contributed by atoms with E-state index in [1.165, 1.54) is 18.9 Å². The first-order chi connectivity index (χ1) is 15.1. The molecule has 5 rings (SSSR count). The maximum Gasteiger partial charge on any atom is 0.181 e. The van der Waals surface area contributed by atoms with E-state index < -0.39 is 5.82 Å². The first kappa shape index (κ1) is 19.5. The number of nitrogens with one attached hydrogen (secondary N) is 1. The van der Waals surface area contributed by atoms with Crippen molar-refractivity contribution in [3.05, 3.63) is 60.5 Å². The van der Waals surface area contributed by atoms with Gasteiger partial charge in [-0.05, 0) is 49.0 Å². The molecule has 0 radical (unpaired) electrons. The van der Waals surface area contributed by atoms with Crippen LogP contribution in [0.25, 0.3) is 33.4 Å². The summed E-state index contributed by atoms with van der Waals surface area (Å²) >= 11 is 0. The molecule has 6 nitrogen and oxygen atoms in total. The molecular weight excluding hydrogens is 393 g/mol. The average molecular weight is 417 g/mol. The Kier molecular flexibility index (Phi) is 5.03. The van der Waals surface area contributed by atoms with Gasteiger partial charge in [0.25, 0.3) is 0 Å². The van der Waals surface area contributed by atoms with Gasteiger partial charge in [0.05, 0.1) is 12.8 Å². The largest absolute Gasteiger partial charge is 0.494 e. The summed E-state index contributed by atoms with van der Waals surface area (Å²) in [6, 6.07) is 15.5. The fraction of sp³-hybridized carbons (Fsp3) is 0.250. The van der Waals surface area contributed by atoms with Gasteiger partial charge in [-0.25, -0.2) is 9.37 Å². The van der Waals surface area contributed by atoms with E-state index in [1.54, 1.807) is 6.07 Å². The monoisotopic (exact) mass is 417 g/mol. The van der Waals surface area contributed by atoms with Crippen LogP contribution in [0.5, 0.6) is 5.75 Å². The molecule has 1 aliphatic heterocycles. The van der Waals surface area contributed by atoms with E-state index in [1.807, 2.05) is 18.3 Å². The molecule has 2 aromatic heterocycles. The normalized spacial score (nSPS) is 14.9. The Bertz CT molecular complexity index is 1210. The van der Waals surface area contributed by atoms with Gasteiger partial charge in [-0.15, -0.1) is 0 Å². The lowest BCUT2D eigenvalue weighted by atomic mass is 10.0. The lowest BCUT2D eigenvalue weighted by molar-refractivity contribution is 0.313. The summed E-state index contributed by atoms with van der Waals surface area (Å²) < 4.78 is 19.2. The van der Waals surface area contributed by atoms with E-state index in [-0.39, 0.29) is 5.75 Å².